The van der Waals surface area contributed by atoms with Crippen molar-refractivity contribution in [1.82, 2.24) is 14.9 Å². The summed E-state index contributed by atoms with van der Waals surface area (Å²) in [5, 5.41) is 0. The number of rotatable bonds is 3. The van der Waals surface area contributed by atoms with Crippen molar-refractivity contribution in [1.29, 1.82) is 0 Å². The van der Waals surface area contributed by atoms with Crippen LogP contribution < -0.4 is 5.56 Å². The van der Waals surface area contributed by atoms with E-state index in [4.69, 9.17) is 0 Å². The molecule has 1 aromatic heterocycles. The van der Waals surface area contributed by atoms with Crippen molar-refractivity contribution in [2.75, 3.05) is 0 Å². The quantitative estimate of drug-likeness (QED) is 0.947. The molecule has 1 amide bonds. The highest BCUT2D eigenvalue weighted by atomic mass is 16.2. The van der Waals surface area contributed by atoms with Crippen molar-refractivity contribution in [3.63, 3.8) is 0 Å². The van der Waals surface area contributed by atoms with E-state index in [9.17, 15) is 9.59 Å². The van der Waals surface area contributed by atoms with Crippen LogP contribution in [0, 0.1) is 0 Å². The summed E-state index contributed by atoms with van der Waals surface area (Å²) in [4.78, 5) is 33.9. The zero-order valence-corrected chi connectivity index (χ0v) is 13.7. The molecule has 5 nitrogen and oxygen atoms in total. The van der Waals surface area contributed by atoms with E-state index in [1.807, 2.05) is 29.2 Å². The molecule has 122 valence electrons. The van der Waals surface area contributed by atoms with E-state index >= 15 is 0 Å². The topological polar surface area (TPSA) is 66.1 Å². The number of para-hydroxylation sites is 2. The number of piperidine rings is 1. The van der Waals surface area contributed by atoms with Crippen molar-refractivity contribution >= 4 is 16.9 Å². The number of fused-ring (bicyclic) bond motifs is 1. The molecule has 1 aromatic carbocycles. The SMILES string of the molecule is CC1CCCC(C)N1C(=O)CCc1nc2ccccc2[nH]c1=O. The van der Waals surface area contributed by atoms with Crippen LogP contribution in [-0.4, -0.2) is 32.9 Å². The predicted octanol–water partition coefficient (Wildman–Crippen LogP) is 2.65. The lowest BCUT2D eigenvalue weighted by Crippen LogP contribution is -2.47. The molecule has 23 heavy (non-hydrogen) atoms. The molecule has 2 heterocycles. The van der Waals surface area contributed by atoms with Gasteiger partial charge in [-0.25, -0.2) is 4.98 Å². The maximum atomic E-state index is 12.6. The second-order valence-corrected chi connectivity index (χ2v) is 6.46. The third-order valence-corrected chi connectivity index (χ3v) is 4.73. The third kappa shape index (κ3) is 3.28. The molecule has 0 spiro atoms. The summed E-state index contributed by atoms with van der Waals surface area (Å²) < 4.78 is 0. The van der Waals surface area contributed by atoms with Gasteiger partial charge in [0.1, 0.15) is 5.69 Å². The summed E-state index contributed by atoms with van der Waals surface area (Å²) in [5.74, 6) is 0.124. The Kier molecular flexibility index (Phi) is 4.46. The van der Waals surface area contributed by atoms with E-state index < -0.39 is 0 Å². The maximum absolute atomic E-state index is 12.6. The fourth-order valence-electron chi connectivity index (χ4n) is 3.50. The summed E-state index contributed by atoms with van der Waals surface area (Å²) in [6.07, 6.45) is 4.02. The van der Waals surface area contributed by atoms with E-state index in [0.717, 1.165) is 23.9 Å². The zero-order chi connectivity index (χ0) is 16.4. The van der Waals surface area contributed by atoms with Crippen molar-refractivity contribution in [2.45, 2.75) is 58.0 Å². The number of aromatic nitrogens is 2. The number of likely N-dealkylation sites (tertiary alicyclic amines) is 1. The number of carbonyl (C=O) groups is 1. The summed E-state index contributed by atoms with van der Waals surface area (Å²) >= 11 is 0. The minimum atomic E-state index is -0.198. The second kappa shape index (κ2) is 6.52. The van der Waals surface area contributed by atoms with Gasteiger partial charge in [-0.2, -0.15) is 0 Å². The summed E-state index contributed by atoms with van der Waals surface area (Å²) in [5.41, 5.74) is 1.73. The molecule has 2 aromatic rings. The van der Waals surface area contributed by atoms with Crippen LogP contribution >= 0.6 is 0 Å². The number of hydrogen-bond acceptors (Lipinski definition) is 3. The first-order valence-electron chi connectivity index (χ1n) is 8.35. The molecule has 1 aliphatic heterocycles. The number of benzene rings is 1. The first kappa shape index (κ1) is 15.7. The highest BCUT2D eigenvalue weighted by Gasteiger charge is 2.28. The molecule has 0 radical (unpaired) electrons. The van der Waals surface area contributed by atoms with E-state index in [2.05, 4.69) is 23.8 Å². The van der Waals surface area contributed by atoms with E-state index in [-0.39, 0.29) is 23.6 Å². The van der Waals surface area contributed by atoms with E-state index in [1.54, 1.807) is 0 Å². The van der Waals surface area contributed by atoms with Gasteiger partial charge in [0, 0.05) is 24.9 Å². The minimum Gasteiger partial charge on any atom is -0.337 e. The van der Waals surface area contributed by atoms with E-state index in [1.165, 1.54) is 6.42 Å². The van der Waals surface area contributed by atoms with Gasteiger partial charge >= 0.3 is 0 Å². The Morgan fingerprint density at radius 3 is 2.70 bits per heavy atom. The van der Waals surface area contributed by atoms with E-state index in [0.29, 0.717) is 18.5 Å². The fourth-order valence-corrected chi connectivity index (χ4v) is 3.50. The van der Waals surface area contributed by atoms with Crippen LogP contribution in [0.1, 0.15) is 45.2 Å². The normalized spacial score (nSPS) is 21.6. The Balaban J connectivity index is 1.74. The second-order valence-electron chi connectivity index (χ2n) is 6.46. The van der Waals surface area contributed by atoms with Crippen LogP contribution in [0.2, 0.25) is 0 Å². The number of aromatic amines is 1. The molecule has 1 fully saturated rings. The smallest absolute Gasteiger partial charge is 0.270 e. The molecule has 1 saturated heterocycles. The summed E-state index contributed by atoms with van der Waals surface area (Å²) in [6, 6.07) is 8.02. The largest absolute Gasteiger partial charge is 0.337 e. The monoisotopic (exact) mass is 313 g/mol. The van der Waals surface area contributed by atoms with Gasteiger partial charge in [-0.1, -0.05) is 12.1 Å². The number of carbonyl (C=O) groups excluding carboxylic acids is 1. The van der Waals surface area contributed by atoms with Gasteiger partial charge in [-0.15, -0.1) is 0 Å². The average molecular weight is 313 g/mol. The fraction of sp³-hybridized carbons (Fsp3) is 0.500. The van der Waals surface area contributed by atoms with Gasteiger partial charge in [-0.3, -0.25) is 9.59 Å². The molecule has 1 N–H and O–H groups in total. The molecule has 1 aliphatic rings. The lowest BCUT2D eigenvalue weighted by atomic mass is 9.97. The highest BCUT2D eigenvalue weighted by Crippen LogP contribution is 2.23. The van der Waals surface area contributed by atoms with Gasteiger partial charge in [0.05, 0.1) is 11.0 Å². The van der Waals surface area contributed by atoms with Crippen LogP contribution in [0.15, 0.2) is 29.1 Å². The maximum Gasteiger partial charge on any atom is 0.270 e. The summed E-state index contributed by atoms with van der Waals surface area (Å²) in [6.45, 7) is 4.21. The van der Waals surface area contributed by atoms with Crippen LogP contribution in [0.25, 0.3) is 11.0 Å². The van der Waals surface area contributed by atoms with Gasteiger partial charge in [-0.05, 0) is 45.2 Å². The molecule has 0 saturated carbocycles. The Hall–Kier alpha value is -2.17. The molecule has 0 aliphatic carbocycles. The highest BCUT2D eigenvalue weighted by molar-refractivity contribution is 5.77. The Morgan fingerprint density at radius 2 is 1.96 bits per heavy atom. The molecule has 3 rings (SSSR count). The van der Waals surface area contributed by atoms with Crippen LogP contribution in [0.3, 0.4) is 0 Å². The third-order valence-electron chi connectivity index (χ3n) is 4.73. The van der Waals surface area contributed by atoms with Crippen molar-refractivity contribution in [2.24, 2.45) is 0 Å². The predicted molar refractivity (Wildman–Crippen MR) is 90.3 cm³/mol. The van der Waals surface area contributed by atoms with Crippen LogP contribution in [0.4, 0.5) is 0 Å². The van der Waals surface area contributed by atoms with Crippen LogP contribution in [-0.2, 0) is 11.2 Å². The van der Waals surface area contributed by atoms with Gasteiger partial charge in [0.25, 0.3) is 5.56 Å². The number of aryl methyl sites for hydroxylation is 1. The van der Waals surface area contributed by atoms with Crippen LogP contribution in [0.5, 0.6) is 0 Å². The molecule has 2 unspecified atom stereocenters. The zero-order valence-electron chi connectivity index (χ0n) is 13.7. The lowest BCUT2D eigenvalue weighted by molar-refractivity contribution is -0.137. The Labute approximate surface area is 135 Å². The molecule has 0 bridgehead atoms. The Morgan fingerprint density at radius 1 is 1.26 bits per heavy atom. The standard InChI is InChI=1S/C18H23N3O2/c1-12-6-5-7-13(2)21(12)17(22)11-10-16-18(23)20-15-9-4-3-8-14(15)19-16/h3-4,8-9,12-13H,5-7,10-11H2,1-2H3,(H,20,23). The minimum absolute atomic E-state index is 0.124. The van der Waals surface area contributed by atoms with Gasteiger partial charge < -0.3 is 9.88 Å². The van der Waals surface area contributed by atoms with Gasteiger partial charge in [0.2, 0.25) is 5.91 Å². The lowest BCUT2D eigenvalue weighted by Gasteiger charge is -2.39. The van der Waals surface area contributed by atoms with Gasteiger partial charge in [0.15, 0.2) is 0 Å². The average Bonchev–Trinajstić information content (AvgIpc) is 2.52. The molecular weight excluding hydrogens is 290 g/mol. The number of hydrogen-bond donors (Lipinski definition) is 1. The number of nitrogens with zero attached hydrogens (tertiary/aromatic N) is 2. The molecule has 2 atom stereocenters. The molecule has 5 heteroatoms. The van der Waals surface area contributed by atoms with Crippen molar-refractivity contribution in [3.05, 3.63) is 40.3 Å². The molecular formula is C18H23N3O2. The first-order chi connectivity index (χ1) is 11.1. The first-order valence-corrected chi connectivity index (χ1v) is 8.35. The summed E-state index contributed by atoms with van der Waals surface area (Å²) in [7, 11) is 0. The Bertz CT molecular complexity index is 758. The number of H-pyrrole nitrogens is 1. The van der Waals surface area contributed by atoms with Crippen molar-refractivity contribution < 1.29 is 4.79 Å². The number of amides is 1. The van der Waals surface area contributed by atoms with Crippen molar-refractivity contribution in [3.8, 4) is 0 Å². The number of nitrogens with one attached hydrogen (secondary N) is 1.